The molecule has 0 radical (unpaired) electrons. The minimum atomic E-state index is -0.243. The summed E-state index contributed by atoms with van der Waals surface area (Å²) in [6.07, 6.45) is 1.49. The van der Waals surface area contributed by atoms with E-state index in [9.17, 15) is 4.79 Å². The van der Waals surface area contributed by atoms with Gasteiger partial charge >= 0.3 is 0 Å². The number of nitrogens with one attached hydrogen (secondary N) is 1. The fourth-order valence-electron chi connectivity index (χ4n) is 2.13. The number of thioether (sulfide) groups is 1. The molecule has 0 fully saturated rings. The van der Waals surface area contributed by atoms with Gasteiger partial charge in [-0.3, -0.25) is 4.79 Å². The number of ether oxygens (including phenoxy) is 1. The van der Waals surface area contributed by atoms with Gasteiger partial charge in [0, 0.05) is 10.8 Å². The van der Waals surface area contributed by atoms with Crippen molar-refractivity contribution < 1.29 is 9.84 Å². The van der Waals surface area contributed by atoms with Gasteiger partial charge in [0.2, 0.25) is 0 Å². The van der Waals surface area contributed by atoms with Crippen LogP contribution < -0.4 is 5.56 Å². The Hall–Kier alpha value is -1.87. The summed E-state index contributed by atoms with van der Waals surface area (Å²) >= 11 is 7.39. The molecule has 0 aliphatic heterocycles. The average molecular weight is 367 g/mol. The van der Waals surface area contributed by atoms with Gasteiger partial charge < -0.3 is 14.8 Å². The van der Waals surface area contributed by atoms with Crippen LogP contribution in [-0.2, 0) is 4.74 Å². The lowest BCUT2D eigenvalue weighted by molar-refractivity contribution is 0.103. The number of halogens is 1. The van der Waals surface area contributed by atoms with Gasteiger partial charge in [-0.05, 0) is 18.2 Å². The van der Waals surface area contributed by atoms with Crippen molar-refractivity contribution in [2.24, 2.45) is 0 Å². The van der Waals surface area contributed by atoms with Crippen molar-refractivity contribution in [3.8, 4) is 5.69 Å². The number of aromatic amines is 1. The van der Waals surface area contributed by atoms with E-state index >= 15 is 0 Å². The van der Waals surface area contributed by atoms with Crippen LogP contribution in [0.3, 0.4) is 0 Å². The van der Waals surface area contributed by atoms with Crippen molar-refractivity contribution in [1.29, 1.82) is 0 Å². The first-order valence-electron chi connectivity index (χ1n) is 7.24. The number of nitrogens with zero attached hydrogens (tertiary/aromatic N) is 3. The summed E-state index contributed by atoms with van der Waals surface area (Å²) < 4.78 is 6.78. The molecule has 9 heteroatoms. The van der Waals surface area contributed by atoms with Crippen LogP contribution in [0.15, 0.2) is 40.4 Å². The first kappa shape index (κ1) is 17.0. The third-order valence-electron chi connectivity index (χ3n) is 3.17. The van der Waals surface area contributed by atoms with Gasteiger partial charge in [-0.15, -0.1) is 0 Å². The standard InChI is InChI=1S/C15H15ClN4O3S/c16-10-2-1-3-11(8-10)20-13-12(9-17-20)14(22)19-15(18-13)24-7-6-23-5-4-21/h1-3,8-9,21H,4-7H2,(H,18,19,22). The van der Waals surface area contributed by atoms with Crippen LogP contribution in [0.25, 0.3) is 16.7 Å². The molecule has 24 heavy (non-hydrogen) atoms. The molecule has 0 saturated carbocycles. The smallest absolute Gasteiger partial charge is 0.262 e. The number of H-pyrrole nitrogens is 1. The van der Waals surface area contributed by atoms with E-state index in [0.29, 0.717) is 40.2 Å². The Balaban J connectivity index is 1.88. The van der Waals surface area contributed by atoms with Crippen LogP contribution >= 0.6 is 23.4 Å². The summed E-state index contributed by atoms with van der Waals surface area (Å²) in [4.78, 5) is 19.4. The fourth-order valence-corrected chi connectivity index (χ4v) is 3.02. The summed E-state index contributed by atoms with van der Waals surface area (Å²) in [6, 6.07) is 7.18. The second kappa shape index (κ2) is 7.80. The molecule has 126 valence electrons. The summed E-state index contributed by atoms with van der Waals surface area (Å²) in [5.74, 6) is 0.611. The summed E-state index contributed by atoms with van der Waals surface area (Å²) in [5.41, 5.74) is 0.963. The fraction of sp³-hybridized carbons (Fsp3) is 0.267. The first-order chi connectivity index (χ1) is 11.7. The third kappa shape index (κ3) is 3.78. The normalized spacial score (nSPS) is 11.2. The molecule has 0 amide bonds. The quantitative estimate of drug-likeness (QED) is 0.376. The molecule has 2 heterocycles. The van der Waals surface area contributed by atoms with E-state index in [-0.39, 0.29) is 12.2 Å². The molecular formula is C15H15ClN4O3S. The SMILES string of the molecule is O=c1[nH]c(SCCOCCO)nc2c1cnn2-c1cccc(Cl)c1. The number of benzene rings is 1. The van der Waals surface area contributed by atoms with Crippen LogP contribution in [0.1, 0.15) is 0 Å². The van der Waals surface area contributed by atoms with Crippen molar-refractivity contribution >= 4 is 34.4 Å². The molecular weight excluding hydrogens is 352 g/mol. The maximum atomic E-state index is 12.2. The zero-order valence-electron chi connectivity index (χ0n) is 12.6. The lowest BCUT2D eigenvalue weighted by Gasteiger charge is -2.05. The Bertz CT molecular complexity index is 896. The number of hydrogen-bond acceptors (Lipinski definition) is 6. The maximum absolute atomic E-state index is 12.2. The molecule has 0 aliphatic rings. The van der Waals surface area contributed by atoms with Crippen molar-refractivity contribution in [3.05, 3.63) is 45.8 Å². The predicted molar refractivity (Wildman–Crippen MR) is 93.1 cm³/mol. The largest absolute Gasteiger partial charge is 0.394 e. The summed E-state index contributed by atoms with van der Waals surface area (Å²) in [5, 5.41) is 14.4. The van der Waals surface area contributed by atoms with E-state index in [2.05, 4.69) is 15.1 Å². The van der Waals surface area contributed by atoms with Gasteiger partial charge in [-0.2, -0.15) is 5.10 Å². The van der Waals surface area contributed by atoms with Gasteiger partial charge in [0.15, 0.2) is 10.8 Å². The predicted octanol–water partition coefficient (Wildman–Crippen LogP) is 1.86. The molecule has 0 aliphatic carbocycles. The Morgan fingerprint density at radius 2 is 2.25 bits per heavy atom. The molecule has 0 spiro atoms. The van der Waals surface area contributed by atoms with E-state index < -0.39 is 0 Å². The Kier molecular flexibility index (Phi) is 5.52. The van der Waals surface area contributed by atoms with E-state index in [1.54, 1.807) is 16.8 Å². The van der Waals surface area contributed by atoms with E-state index in [4.69, 9.17) is 21.4 Å². The van der Waals surface area contributed by atoms with Crippen molar-refractivity contribution in [3.63, 3.8) is 0 Å². The van der Waals surface area contributed by atoms with Crippen molar-refractivity contribution in [2.45, 2.75) is 5.16 Å². The van der Waals surface area contributed by atoms with Gasteiger partial charge in [0.25, 0.3) is 5.56 Å². The van der Waals surface area contributed by atoms with Crippen molar-refractivity contribution in [1.82, 2.24) is 19.7 Å². The molecule has 2 aromatic heterocycles. The Morgan fingerprint density at radius 1 is 1.38 bits per heavy atom. The molecule has 1 aromatic carbocycles. The number of hydrogen-bond donors (Lipinski definition) is 2. The molecule has 2 N–H and O–H groups in total. The van der Waals surface area contributed by atoms with Gasteiger partial charge in [0.05, 0.1) is 31.7 Å². The van der Waals surface area contributed by atoms with Crippen LogP contribution in [0, 0.1) is 0 Å². The van der Waals surface area contributed by atoms with Crippen LogP contribution in [0.5, 0.6) is 0 Å². The van der Waals surface area contributed by atoms with Crippen LogP contribution in [0.4, 0.5) is 0 Å². The van der Waals surface area contributed by atoms with E-state index in [0.717, 1.165) is 5.69 Å². The van der Waals surface area contributed by atoms with Crippen LogP contribution in [0.2, 0.25) is 5.02 Å². The van der Waals surface area contributed by atoms with Gasteiger partial charge in [-0.1, -0.05) is 29.4 Å². The molecule has 0 atom stereocenters. The monoisotopic (exact) mass is 366 g/mol. The molecule has 3 rings (SSSR count). The summed E-state index contributed by atoms with van der Waals surface area (Å²) in [7, 11) is 0. The average Bonchev–Trinajstić information content (AvgIpc) is 2.99. The lowest BCUT2D eigenvalue weighted by Crippen LogP contribution is -2.10. The molecule has 7 nitrogen and oxygen atoms in total. The number of rotatable bonds is 7. The first-order valence-corrected chi connectivity index (χ1v) is 8.61. The molecule has 3 aromatic rings. The third-order valence-corrected chi connectivity index (χ3v) is 4.24. The van der Waals surface area contributed by atoms with E-state index in [1.807, 2.05) is 12.1 Å². The second-order valence-corrected chi connectivity index (χ2v) is 6.35. The number of fused-ring (bicyclic) bond motifs is 1. The number of aliphatic hydroxyl groups is 1. The lowest BCUT2D eigenvalue weighted by atomic mass is 10.3. The van der Waals surface area contributed by atoms with Crippen molar-refractivity contribution in [2.75, 3.05) is 25.6 Å². The minimum Gasteiger partial charge on any atom is -0.394 e. The number of aromatic nitrogens is 4. The topological polar surface area (TPSA) is 93.0 Å². The summed E-state index contributed by atoms with van der Waals surface area (Å²) in [6.45, 7) is 0.746. The van der Waals surface area contributed by atoms with E-state index in [1.165, 1.54) is 18.0 Å². The van der Waals surface area contributed by atoms with Crippen LogP contribution in [-0.4, -0.2) is 50.4 Å². The number of aliphatic hydroxyl groups excluding tert-OH is 1. The molecule has 0 saturated heterocycles. The maximum Gasteiger partial charge on any atom is 0.262 e. The van der Waals surface area contributed by atoms with Gasteiger partial charge in [0.1, 0.15) is 5.39 Å². The highest BCUT2D eigenvalue weighted by molar-refractivity contribution is 7.99. The zero-order valence-corrected chi connectivity index (χ0v) is 14.2. The zero-order chi connectivity index (χ0) is 16.9. The Labute approximate surface area is 146 Å². The Morgan fingerprint density at radius 3 is 3.04 bits per heavy atom. The van der Waals surface area contributed by atoms with Gasteiger partial charge in [-0.25, -0.2) is 9.67 Å². The minimum absolute atomic E-state index is 0.00940. The highest BCUT2D eigenvalue weighted by atomic mass is 35.5. The second-order valence-electron chi connectivity index (χ2n) is 4.83. The molecule has 0 unspecified atom stereocenters. The highest BCUT2D eigenvalue weighted by Gasteiger charge is 2.12. The molecule has 0 bridgehead atoms. The highest BCUT2D eigenvalue weighted by Crippen LogP contribution is 2.19.